The Morgan fingerprint density at radius 1 is 1.16 bits per heavy atom. The molecule has 2 fully saturated rings. The predicted molar refractivity (Wildman–Crippen MR) is 139 cm³/mol. The van der Waals surface area contributed by atoms with Crippen LogP contribution < -0.4 is 15.6 Å². The van der Waals surface area contributed by atoms with E-state index in [4.69, 9.17) is 21.1 Å². The molecule has 37 heavy (non-hydrogen) atoms. The summed E-state index contributed by atoms with van der Waals surface area (Å²) >= 11 is 6.75. The van der Waals surface area contributed by atoms with Crippen molar-refractivity contribution in [2.24, 2.45) is 5.92 Å². The highest BCUT2D eigenvalue weighted by Crippen LogP contribution is 2.42. The Morgan fingerprint density at radius 3 is 2.30 bits per heavy atom. The molecule has 2 heterocycles. The molecular formula is C25H30Cl2FN3O6. The SMILES string of the molecule is CCOC(=O)C(C(=O)OCC)C(=O)c1cn(C2CC2)c2c(Cl)c(N3CCC(NC)C3)c(F)cc2c1=O.Cl. The van der Waals surface area contributed by atoms with Gasteiger partial charge in [0, 0.05) is 31.4 Å². The summed E-state index contributed by atoms with van der Waals surface area (Å²) in [6, 6.07) is 1.22. The number of rotatable bonds is 9. The zero-order valence-electron chi connectivity index (χ0n) is 20.8. The van der Waals surface area contributed by atoms with Gasteiger partial charge in [0.2, 0.25) is 5.92 Å². The van der Waals surface area contributed by atoms with Gasteiger partial charge < -0.3 is 24.3 Å². The van der Waals surface area contributed by atoms with Gasteiger partial charge in [-0.05, 0) is 46.2 Å². The van der Waals surface area contributed by atoms with E-state index in [-0.39, 0.29) is 53.8 Å². The summed E-state index contributed by atoms with van der Waals surface area (Å²) in [6.45, 7) is 4.08. The standard InChI is InChI=1S/C25H29ClFN3O6.ClH/c1-4-35-24(33)18(25(34)36-5-2)23(32)16-12-30(14-6-7-14)20-15(22(16)31)10-17(27)21(19(20)26)29-9-8-13(11-29)28-3;/h10,12-14,18,28H,4-9,11H2,1-3H3;1H. The third kappa shape index (κ3) is 5.46. The Balaban J connectivity index is 0.00000380. The topological polar surface area (TPSA) is 107 Å². The van der Waals surface area contributed by atoms with Gasteiger partial charge in [-0.25, -0.2) is 4.39 Å². The maximum atomic E-state index is 15.4. The number of ketones is 1. The lowest BCUT2D eigenvalue weighted by Crippen LogP contribution is -2.37. The van der Waals surface area contributed by atoms with Crippen LogP contribution in [0.3, 0.4) is 0 Å². The molecule has 0 spiro atoms. The number of anilines is 1. The highest BCUT2D eigenvalue weighted by atomic mass is 35.5. The van der Waals surface area contributed by atoms with Crippen molar-refractivity contribution in [1.29, 1.82) is 0 Å². The van der Waals surface area contributed by atoms with E-state index in [1.165, 1.54) is 20.0 Å². The van der Waals surface area contributed by atoms with E-state index in [1.807, 2.05) is 11.9 Å². The van der Waals surface area contributed by atoms with Crippen LogP contribution in [-0.2, 0) is 19.1 Å². The van der Waals surface area contributed by atoms with Crippen molar-refractivity contribution in [2.75, 3.05) is 38.3 Å². The molecule has 4 rings (SSSR count). The molecule has 202 valence electrons. The fourth-order valence-corrected chi connectivity index (χ4v) is 5.06. The Hall–Kier alpha value is -2.69. The number of fused-ring (bicyclic) bond motifs is 1. The first-order valence-electron chi connectivity index (χ1n) is 12.1. The lowest BCUT2D eigenvalue weighted by Gasteiger charge is -2.23. The molecular weight excluding hydrogens is 528 g/mol. The van der Waals surface area contributed by atoms with Crippen molar-refractivity contribution in [3.63, 3.8) is 0 Å². The summed E-state index contributed by atoms with van der Waals surface area (Å²) < 4.78 is 26.9. The van der Waals surface area contributed by atoms with Gasteiger partial charge in [-0.1, -0.05) is 11.6 Å². The predicted octanol–water partition coefficient (Wildman–Crippen LogP) is 3.27. The number of ether oxygens (including phenoxy) is 2. The lowest BCUT2D eigenvalue weighted by atomic mass is 9.96. The number of carbonyl (C=O) groups excluding carboxylic acids is 3. The normalized spacial score (nSPS) is 17.1. The zero-order chi connectivity index (χ0) is 26.1. The second-order valence-corrected chi connectivity index (χ2v) is 9.33. The van der Waals surface area contributed by atoms with Crippen LogP contribution in [0.1, 0.15) is 49.5 Å². The van der Waals surface area contributed by atoms with E-state index in [0.29, 0.717) is 18.6 Å². The van der Waals surface area contributed by atoms with Crippen molar-refractivity contribution in [3.05, 3.63) is 38.9 Å². The molecule has 1 aliphatic heterocycles. The summed E-state index contributed by atoms with van der Waals surface area (Å²) in [6.07, 6.45) is 3.69. The highest BCUT2D eigenvalue weighted by molar-refractivity contribution is 6.38. The minimum Gasteiger partial charge on any atom is -0.465 e. The summed E-state index contributed by atoms with van der Waals surface area (Å²) in [5.74, 6) is -5.89. The van der Waals surface area contributed by atoms with Crippen LogP contribution in [0.2, 0.25) is 5.02 Å². The number of pyridine rings is 1. The van der Waals surface area contributed by atoms with Gasteiger partial charge in [-0.3, -0.25) is 19.2 Å². The molecule has 9 nitrogen and oxygen atoms in total. The van der Waals surface area contributed by atoms with E-state index in [1.54, 1.807) is 4.57 Å². The maximum Gasteiger partial charge on any atom is 0.328 e. The van der Waals surface area contributed by atoms with Crippen molar-refractivity contribution >= 4 is 58.3 Å². The Morgan fingerprint density at radius 2 is 1.78 bits per heavy atom. The molecule has 2 aromatic rings. The Labute approximate surface area is 224 Å². The van der Waals surface area contributed by atoms with Crippen LogP contribution in [0.5, 0.6) is 0 Å². The molecule has 0 bridgehead atoms. The Bertz CT molecular complexity index is 1260. The fraction of sp³-hybridized carbons (Fsp3) is 0.520. The second kappa shape index (κ2) is 11.8. The number of Topliss-reactive ketones (excluding diaryl/α,β-unsaturated/α-hetero) is 1. The molecule has 1 atom stereocenters. The molecule has 1 aromatic carbocycles. The van der Waals surface area contributed by atoms with Gasteiger partial charge >= 0.3 is 11.9 Å². The monoisotopic (exact) mass is 557 g/mol. The van der Waals surface area contributed by atoms with Crippen LogP contribution in [-0.4, -0.2) is 61.7 Å². The van der Waals surface area contributed by atoms with E-state index >= 15 is 4.39 Å². The highest BCUT2D eigenvalue weighted by Gasteiger charge is 2.40. The Kier molecular flexibility index (Phi) is 9.20. The fourth-order valence-electron chi connectivity index (χ4n) is 4.65. The average Bonchev–Trinajstić information content (AvgIpc) is 3.57. The largest absolute Gasteiger partial charge is 0.465 e. The van der Waals surface area contributed by atoms with Gasteiger partial charge in [0.05, 0.1) is 40.4 Å². The third-order valence-electron chi connectivity index (χ3n) is 6.61. The molecule has 1 N–H and O–H groups in total. The first-order valence-corrected chi connectivity index (χ1v) is 12.5. The molecule has 1 aliphatic carbocycles. The number of likely N-dealkylation sites (N-methyl/N-ethyl adjacent to an activating group) is 1. The smallest absolute Gasteiger partial charge is 0.328 e. The molecule has 12 heteroatoms. The van der Waals surface area contributed by atoms with Crippen LogP contribution in [0.15, 0.2) is 17.1 Å². The molecule has 2 aliphatic rings. The van der Waals surface area contributed by atoms with Gasteiger partial charge in [0.1, 0.15) is 5.82 Å². The van der Waals surface area contributed by atoms with Crippen LogP contribution in [0.25, 0.3) is 10.9 Å². The van der Waals surface area contributed by atoms with Crippen molar-refractivity contribution in [2.45, 2.75) is 45.2 Å². The van der Waals surface area contributed by atoms with Crippen LogP contribution >= 0.6 is 24.0 Å². The number of nitrogens with one attached hydrogen (secondary N) is 1. The van der Waals surface area contributed by atoms with E-state index in [2.05, 4.69) is 5.32 Å². The quantitative estimate of drug-likeness (QED) is 0.284. The number of benzene rings is 1. The molecule has 1 saturated heterocycles. The minimum atomic E-state index is -1.95. The number of halogens is 3. The number of hydrogen-bond acceptors (Lipinski definition) is 8. The van der Waals surface area contributed by atoms with Crippen molar-refractivity contribution < 1.29 is 28.2 Å². The second-order valence-electron chi connectivity index (χ2n) is 8.95. The zero-order valence-corrected chi connectivity index (χ0v) is 22.4. The molecule has 1 aromatic heterocycles. The van der Waals surface area contributed by atoms with Gasteiger partial charge in [-0.2, -0.15) is 0 Å². The van der Waals surface area contributed by atoms with Gasteiger partial charge in [-0.15, -0.1) is 12.4 Å². The molecule has 1 unspecified atom stereocenters. The first-order chi connectivity index (χ1) is 17.2. The van der Waals surface area contributed by atoms with Crippen LogP contribution in [0.4, 0.5) is 10.1 Å². The number of carbonyl (C=O) groups is 3. The molecule has 0 amide bonds. The van der Waals surface area contributed by atoms with Crippen LogP contribution in [0, 0.1) is 11.7 Å². The molecule has 0 radical (unpaired) electrons. The van der Waals surface area contributed by atoms with Gasteiger partial charge in [0.15, 0.2) is 11.2 Å². The minimum absolute atomic E-state index is 0. The third-order valence-corrected chi connectivity index (χ3v) is 6.97. The average molecular weight is 558 g/mol. The van der Waals surface area contributed by atoms with E-state index < -0.39 is 40.4 Å². The first kappa shape index (κ1) is 28.9. The number of aromatic nitrogens is 1. The van der Waals surface area contributed by atoms with E-state index in [0.717, 1.165) is 25.3 Å². The number of nitrogens with zero attached hydrogens (tertiary/aromatic N) is 2. The van der Waals surface area contributed by atoms with E-state index in [9.17, 15) is 19.2 Å². The number of hydrogen-bond donors (Lipinski definition) is 1. The van der Waals surface area contributed by atoms with Crippen molar-refractivity contribution in [1.82, 2.24) is 9.88 Å². The van der Waals surface area contributed by atoms with Gasteiger partial charge in [0.25, 0.3) is 0 Å². The summed E-state index contributed by atoms with van der Waals surface area (Å²) in [5.41, 5.74) is -0.688. The summed E-state index contributed by atoms with van der Waals surface area (Å²) in [5, 5.41) is 3.19. The lowest BCUT2D eigenvalue weighted by molar-refractivity contribution is -0.158. The summed E-state index contributed by atoms with van der Waals surface area (Å²) in [4.78, 5) is 53.7. The number of esters is 2. The summed E-state index contributed by atoms with van der Waals surface area (Å²) in [7, 11) is 1.84. The maximum absolute atomic E-state index is 15.4. The van der Waals surface area contributed by atoms with Crippen molar-refractivity contribution in [3.8, 4) is 0 Å². The molecule has 1 saturated carbocycles.